The molecule has 0 spiro atoms. The molecule has 0 unspecified atom stereocenters. The van der Waals surface area contributed by atoms with Gasteiger partial charge in [-0.15, -0.1) is 11.3 Å². The van der Waals surface area contributed by atoms with Crippen LogP contribution in [0.15, 0.2) is 48.5 Å². The predicted molar refractivity (Wildman–Crippen MR) is 82.3 cm³/mol. The standard InChI is InChI=1S/C17H13NS/c1-2-6-14-12(5-1)9-10-13(14)11-17-18-15-7-3-4-8-16(15)19-17/h1-8,11H,9-10H2/b13-11+. The normalized spacial score (nSPS) is 16.1. The van der Waals surface area contributed by atoms with Crippen molar-refractivity contribution in [2.45, 2.75) is 12.8 Å². The number of hydrogen-bond donors (Lipinski definition) is 0. The van der Waals surface area contributed by atoms with Crippen molar-refractivity contribution in [3.05, 3.63) is 64.7 Å². The van der Waals surface area contributed by atoms with Crippen LogP contribution in [-0.2, 0) is 6.42 Å². The molecule has 1 heterocycles. The quantitative estimate of drug-likeness (QED) is 0.615. The molecular weight excluding hydrogens is 250 g/mol. The second-order valence-corrected chi connectivity index (χ2v) is 5.91. The van der Waals surface area contributed by atoms with Gasteiger partial charge in [0.15, 0.2) is 0 Å². The molecule has 0 radical (unpaired) electrons. The average Bonchev–Trinajstić information content (AvgIpc) is 3.03. The van der Waals surface area contributed by atoms with E-state index in [0.29, 0.717) is 0 Å². The molecule has 0 bridgehead atoms. The van der Waals surface area contributed by atoms with Crippen LogP contribution < -0.4 is 0 Å². The minimum absolute atomic E-state index is 1.10. The molecule has 0 aliphatic heterocycles. The van der Waals surface area contributed by atoms with Crippen LogP contribution in [-0.4, -0.2) is 4.98 Å². The van der Waals surface area contributed by atoms with Gasteiger partial charge >= 0.3 is 0 Å². The first kappa shape index (κ1) is 10.9. The van der Waals surface area contributed by atoms with Gasteiger partial charge in [-0.1, -0.05) is 36.4 Å². The number of rotatable bonds is 1. The predicted octanol–water partition coefficient (Wildman–Crippen LogP) is 4.78. The van der Waals surface area contributed by atoms with Crippen molar-refractivity contribution in [2.24, 2.45) is 0 Å². The number of para-hydroxylation sites is 1. The Kier molecular flexibility index (Phi) is 2.49. The average molecular weight is 263 g/mol. The summed E-state index contributed by atoms with van der Waals surface area (Å²) in [7, 11) is 0. The summed E-state index contributed by atoms with van der Waals surface area (Å²) in [5.74, 6) is 0. The van der Waals surface area contributed by atoms with Crippen LogP contribution >= 0.6 is 11.3 Å². The Morgan fingerprint density at radius 1 is 0.947 bits per heavy atom. The van der Waals surface area contributed by atoms with Crippen molar-refractivity contribution in [3.63, 3.8) is 0 Å². The summed E-state index contributed by atoms with van der Waals surface area (Å²) in [5.41, 5.74) is 5.40. The summed E-state index contributed by atoms with van der Waals surface area (Å²) in [6.07, 6.45) is 4.55. The lowest BCUT2D eigenvalue weighted by atomic mass is 10.1. The second-order valence-electron chi connectivity index (χ2n) is 4.85. The van der Waals surface area contributed by atoms with Crippen LogP contribution in [0.5, 0.6) is 0 Å². The Morgan fingerprint density at radius 2 is 1.79 bits per heavy atom. The molecule has 0 amide bonds. The summed E-state index contributed by atoms with van der Waals surface area (Å²) in [5, 5.41) is 1.12. The lowest BCUT2D eigenvalue weighted by Crippen LogP contribution is -1.79. The maximum Gasteiger partial charge on any atom is 0.117 e. The highest BCUT2D eigenvalue weighted by atomic mass is 32.1. The number of aromatic nitrogens is 1. The molecule has 2 aromatic carbocycles. The summed E-state index contributed by atoms with van der Waals surface area (Å²) in [6, 6.07) is 17.0. The van der Waals surface area contributed by atoms with E-state index in [1.54, 1.807) is 11.3 Å². The number of fused-ring (bicyclic) bond motifs is 2. The number of nitrogens with zero attached hydrogens (tertiary/aromatic N) is 1. The maximum absolute atomic E-state index is 4.69. The molecule has 0 saturated carbocycles. The summed E-state index contributed by atoms with van der Waals surface area (Å²) in [4.78, 5) is 4.69. The minimum atomic E-state index is 1.10. The molecule has 1 aliphatic carbocycles. The maximum atomic E-state index is 4.69. The molecule has 0 saturated heterocycles. The number of benzene rings is 2. The van der Waals surface area contributed by atoms with Crippen molar-refractivity contribution in [2.75, 3.05) is 0 Å². The van der Waals surface area contributed by atoms with E-state index in [2.05, 4.69) is 48.5 Å². The second kappa shape index (κ2) is 4.32. The third-order valence-corrected chi connectivity index (χ3v) is 4.62. The fraction of sp³-hybridized carbons (Fsp3) is 0.118. The third-order valence-electron chi connectivity index (χ3n) is 3.64. The summed E-state index contributed by atoms with van der Waals surface area (Å²) < 4.78 is 1.26. The molecule has 2 heteroatoms. The zero-order chi connectivity index (χ0) is 12.7. The summed E-state index contributed by atoms with van der Waals surface area (Å²) in [6.45, 7) is 0. The van der Waals surface area contributed by atoms with Gasteiger partial charge in [0, 0.05) is 0 Å². The first-order valence-corrected chi connectivity index (χ1v) is 7.36. The zero-order valence-corrected chi connectivity index (χ0v) is 11.3. The van der Waals surface area contributed by atoms with Crippen LogP contribution in [0.3, 0.4) is 0 Å². The van der Waals surface area contributed by atoms with E-state index in [1.165, 1.54) is 21.4 Å². The lowest BCUT2D eigenvalue weighted by Gasteiger charge is -1.98. The largest absolute Gasteiger partial charge is 0.237 e. The van der Waals surface area contributed by atoms with Crippen molar-refractivity contribution in [1.29, 1.82) is 0 Å². The van der Waals surface area contributed by atoms with Gasteiger partial charge in [0.1, 0.15) is 5.01 Å². The monoisotopic (exact) mass is 263 g/mol. The smallest absolute Gasteiger partial charge is 0.117 e. The number of allylic oxidation sites excluding steroid dienone is 1. The van der Waals surface area contributed by atoms with Gasteiger partial charge in [0.2, 0.25) is 0 Å². The number of aryl methyl sites for hydroxylation is 1. The van der Waals surface area contributed by atoms with Crippen molar-refractivity contribution < 1.29 is 0 Å². The molecule has 0 atom stereocenters. The van der Waals surface area contributed by atoms with Crippen molar-refractivity contribution >= 4 is 33.2 Å². The van der Waals surface area contributed by atoms with E-state index >= 15 is 0 Å². The molecule has 19 heavy (non-hydrogen) atoms. The fourth-order valence-corrected chi connectivity index (χ4v) is 3.64. The van der Waals surface area contributed by atoms with E-state index in [-0.39, 0.29) is 0 Å². The first-order chi connectivity index (χ1) is 9.40. The molecule has 1 aliphatic rings. The Balaban J connectivity index is 1.80. The molecule has 1 aromatic heterocycles. The molecule has 92 valence electrons. The van der Waals surface area contributed by atoms with Crippen LogP contribution in [0.25, 0.3) is 21.9 Å². The topological polar surface area (TPSA) is 12.9 Å². The van der Waals surface area contributed by atoms with Gasteiger partial charge in [0.05, 0.1) is 10.2 Å². The lowest BCUT2D eigenvalue weighted by molar-refractivity contribution is 1.08. The Morgan fingerprint density at radius 3 is 2.74 bits per heavy atom. The van der Waals surface area contributed by atoms with E-state index in [0.717, 1.165) is 23.4 Å². The molecular formula is C17H13NS. The highest BCUT2D eigenvalue weighted by Crippen LogP contribution is 2.34. The Labute approximate surface area is 116 Å². The first-order valence-electron chi connectivity index (χ1n) is 6.54. The molecule has 3 aromatic rings. The minimum Gasteiger partial charge on any atom is -0.237 e. The Hall–Kier alpha value is -1.93. The molecule has 4 rings (SSSR count). The molecule has 1 nitrogen and oxygen atoms in total. The zero-order valence-electron chi connectivity index (χ0n) is 10.5. The number of thiazole rings is 1. The highest BCUT2D eigenvalue weighted by molar-refractivity contribution is 7.19. The van der Waals surface area contributed by atoms with Crippen LogP contribution in [0, 0.1) is 0 Å². The van der Waals surface area contributed by atoms with E-state index in [1.807, 2.05) is 6.07 Å². The van der Waals surface area contributed by atoms with Crippen LogP contribution in [0.1, 0.15) is 22.6 Å². The number of hydrogen-bond acceptors (Lipinski definition) is 2. The van der Waals surface area contributed by atoms with Gasteiger partial charge in [-0.25, -0.2) is 4.98 Å². The molecule has 0 fully saturated rings. The fourth-order valence-electron chi connectivity index (χ4n) is 2.71. The summed E-state index contributed by atoms with van der Waals surface area (Å²) >= 11 is 1.77. The molecule has 0 N–H and O–H groups in total. The van der Waals surface area contributed by atoms with Gasteiger partial charge in [0.25, 0.3) is 0 Å². The van der Waals surface area contributed by atoms with E-state index < -0.39 is 0 Å². The Bertz CT molecular complexity index is 750. The van der Waals surface area contributed by atoms with Gasteiger partial charge in [-0.05, 0) is 47.8 Å². The van der Waals surface area contributed by atoms with Gasteiger partial charge < -0.3 is 0 Å². The highest BCUT2D eigenvalue weighted by Gasteiger charge is 2.15. The van der Waals surface area contributed by atoms with Gasteiger partial charge in [-0.3, -0.25) is 0 Å². The van der Waals surface area contributed by atoms with E-state index in [4.69, 9.17) is 4.98 Å². The van der Waals surface area contributed by atoms with E-state index in [9.17, 15) is 0 Å². The van der Waals surface area contributed by atoms with Gasteiger partial charge in [-0.2, -0.15) is 0 Å². The SMILES string of the molecule is C(=C1/CCc2ccccc21)/c1nc2ccccc2s1. The third kappa shape index (κ3) is 1.89. The van der Waals surface area contributed by atoms with Crippen molar-refractivity contribution in [3.8, 4) is 0 Å². The van der Waals surface area contributed by atoms with Crippen molar-refractivity contribution in [1.82, 2.24) is 4.98 Å². The van der Waals surface area contributed by atoms with Crippen LogP contribution in [0.4, 0.5) is 0 Å². The van der Waals surface area contributed by atoms with Crippen LogP contribution in [0.2, 0.25) is 0 Å².